The molecule has 0 aliphatic heterocycles. The number of anilines is 1. The minimum atomic E-state index is 0.223. The van der Waals surface area contributed by atoms with Crippen molar-refractivity contribution in [2.24, 2.45) is 5.92 Å². The van der Waals surface area contributed by atoms with Crippen molar-refractivity contribution in [2.45, 2.75) is 12.8 Å². The van der Waals surface area contributed by atoms with Crippen LogP contribution >= 0.6 is 0 Å². The topological polar surface area (TPSA) is 81.3 Å². The Morgan fingerprint density at radius 1 is 1.04 bits per heavy atom. The minimum absolute atomic E-state index is 0.223. The van der Waals surface area contributed by atoms with Crippen LogP contribution in [-0.2, 0) is 0 Å². The van der Waals surface area contributed by atoms with Crippen molar-refractivity contribution in [3.8, 4) is 22.8 Å². The highest BCUT2D eigenvalue weighted by Gasteiger charge is 2.22. The summed E-state index contributed by atoms with van der Waals surface area (Å²) in [5.41, 5.74) is 8.58. The van der Waals surface area contributed by atoms with E-state index < -0.39 is 0 Å². The van der Waals surface area contributed by atoms with Gasteiger partial charge in [-0.25, -0.2) is 4.98 Å². The zero-order chi connectivity index (χ0) is 15.8. The molecule has 0 bridgehead atoms. The lowest BCUT2D eigenvalue weighted by Gasteiger charge is -2.10. The normalized spacial score (nSPS) is 14.1. The Balaban J connectivity index is 1.77. The number of hydrogen-bond donors (Lipinski definition) is 2. The van der Waals surface area contributed by atoms with E-state index in [1.807, 2.05) is 30.3 Å². The Labute approximate surface area is 133 Å². The molecule has 3 aromatic rings. The van der Waals surface area contributed by atoms with Gasteiger partial charge in [-0.1, -0.05) is 18.2 Å². The summed E-state index contributed by atoms with van der Waals surface area (Å²) in [4.78, 5) is 8.53. The molecule has 1 aliphatic rings. The van der Waals surface area contributed by atoms with Gasteiger partial charge in [-0.15, -0.1) is 0 Å². The fourth-order valence-corrected chi connectivity index (χ4v) is 2.54. The molecule has 3 N–H and O–H groups in total. The van der Waals surface area contributed by atoms with Crippen LogP contribution in [0.15, 0.2) is 42.5 Å². The van der Waals surface area contributed by atoms with Gasteiger partial charge < -0.3 is 15.6 Å². The number of nitrogen functional groups attached to an aromatic ring is 1. The van der Waals surface area contributed by atoms with Gasteiger partial charge in [-0.05, 0) is 54.2 Å². The van der Waals surface area contributed by atoms with Gasteiger partial charge >= 0.3 is 0 Å². The number of phenols is 1. The van der Waals surface area contributed by atoms with E-state index in [0.717, 1.165) is 22.0 Å². The van der Waals surface area contributed by atoms with E-state index in [1.165, 1.54) is 12.8 Å². The van der Waals surface area contributed by atoms with Gasteiger partial charge in [-0.2, -0.15) is 4.98 Å². The summed E-state index contributed by atoms with van der Waals surface area (Å²) < 4.78 is 5.86. The largest absolute Gasteiger partial charge is 0.508 e. The van der Waals surface area contributed by atoms with Gasteiger partial charge in [0.25, 0.3) is 0 Å². The number of benzene rings is 2. The molecule has 0 amide bonds. The number of aromatic hydroxyl groups is 1. The summed E-state index contributed by atoms with van der Waals surface area (Å²) in [6.45, 7) is 0.676. The van der Waals surface area contributed by atoms with Crippen molar-refractivity contribution < 1.29 is 9.84 Å². The van der Waals surface area contributed by atoms with E-state index in [1.54, 1.807) is 12.1 Å². The van der Waals surface area contributed by atoms with E-state index in [9.17, 15) is 5.11 Å². The molecule has 2 aromatic carbocycles. The van der Waals surface area contributed by atoms with Gasteiger partial charge in [0, 0.05) is 0 Å². The maximum atomic E-state index is 9.42. The first kappa shape index (κ1) is 13.8. The highest BCUT2D eigenvalue weighted by molar-refractivity contribution is 5.89. The molecule has 0 atom stereocenters. The highest BCUT2D eigenvalue weighted by atomic mass is 16.5. The second kappa shape index (κ2) is 5.43. The molecule has 1 fully saturated rings. The van der Waals surface area contributed by atoms with Gasteiger partial charge in [0.2, 0.25) is 11.8 Å². The number of hydrogen-bond acceptors (Lipinski definition) is 5. The number of nitrogens with zero attached hydrogens (tertiary/aromatic N) is 2. The van der Waals surface area contributed by atoms with Crippen molar-refractivity contribution in [3.05, 3.63) is 42.5 Å². The first-order chi connectivity index (χ1) is 11.2. The van der Waals surface area contributed by atoms with E-state index >= 15 is 0 Å². The first-order valence-corrected chi connectivity index (χ1v) is 7.68. The van der Waals surface area contributed by atoms with Crippen LogP contribution in [0.2, 0.25) is 0 Å². The lowest BCUT2D eigenvalue weighted by atomic mass is 10.0. The zero-order valence-electron chi connectivity index (χ0n) is 12.6. The number of phenolic OH excluding ortho intramolecular Hbond substituents is 1. The van der Waals surface area contributed by atoms with Crippen molar-refractivity contribution in [2.75, 3.05) is 12.3 Å². The molecule has 1 aromatic heterocycles. The monoisotopic (exact) mass is 307 g/mol. The molecular formula is C18H17N3O2. The molecule has 5 heteroatoms. The fourth-order valence-electron chi connectivity index (χ4n) is 2.54. The summed E-state index contributed by atoms with van der Waals surface area (Å²) in [6, 6.07) is 13.0. The number of rotatable bonds is 4. The average molecular weight is 307 g/mol. The molecule has 23 heavy (non-hydrogen) atoms. The predicted molar refractivity (Wildman–Crippen MR) is 89.3 cm³/mol. The average Bonchev–Trinajstić information content (AvgIpc) is 3.37. The van der Waals surface area contributed by atoms with Gasteiger partial charge in [-0.3, -0.25) is 0 Å². The van der Waals surface area contributed by atoms with E-state index in [2.05, 4.69) is 9.97 Å². The van der Waals surface area contributed by atoms with Crippen LogP contribution in [0.25, 0.3) is 22.0 Å². The Kier molecular flexibility index (Phi) is 3.26. The first-order valence-electron chi connectivity index (χ1n) is 7.68. The molecule has 4 rings (SSSR count). The Hall–Kier alpha value is -2.82. The lowest BCUT2D eigenvalue weighted by Crippen LogP contribution is -2.04. The molecule has 1 heterocycles. The maximum absolute atomic E-state index is 9.42. The zero-order valence-corrected chi connectivity index (χ0v) is 12.6. The Bertz CT molecular complexity index is 858. The van der Waals surface area contributed by atoms with E-state index in [0.29, 0.717) is 18.4 Å². The SMILES string of the molecule is Nc1nc(OCC2CC2)c2cc(-c3ccc(O)cc3)ccc2n1. The van der Waals surface area contributed by atoms with Crippen LogP contribution in [0, 0.1) is 5.92 Å². The van der Waals surface area contributed by atoms with Crippen LogP contribution in [0.4, 0.5) is 5.95 Å². The van der Waals surface area contributed by atoms with E-state index in [4.69, 9.17) is 10.5 Å². The van der Waals surface area contributed by atoms with Crippen molar-refractivity contribution >= 4 is 16.9 Å². The second-order valence-corrected chi connectivity index (χ2v) is 5.92. The number of aromatic nitrogens is 2. The van der Waals surface area contributed by atoms with Crippen molar-refractivity contribution in [1.29, 1.82) is 0 Å². The van der Waals surface area contributed by atoms with Crippen LogP contribution in [0.3, 0.4) is 0 Å². The molecule has 1 saturated carbocycles. The van der Waals surface area contributed by atoms with Crippen LogP contribution in [-0.4, -0.2) is 21.7 Å². The number of ether oxygens (including phenoxy) is 1. The summed E-state index contributed by atoms with van der Waals surface area (Å²) in [6.07, 6.45) is 2.44. The molecule has 0 radical (unpaired) electrons. The third-order valence-corrected chi connectivity index (χ3v) is 4.03. The summed E-state index contributed by atoms with van der Waals surface area (Å²) in [5, 5.41) is 10.3. The standard InChI is InChI=1S/C18H17N3O2/c19-18-20-16-8-5-13(12-3-6-14(22)7-4-12)9-15(16)17(21-18)23-10-11-1-2-11/h3-9,11,22H,1-2,10H2,(H2,19,20,21). The minimum Gasteiger partial charge on any atom is -0.508 e. The maximum Gasteiger partial charge on any atom is 0.226 e. The molecular weight excluding hydrogens is 290 g/mol. The quantitative estimate of drug-likeness (QED) is 0.772. The van der Waals surface area contributed by atoms with Gasteiger partial charge in [0.05, 0.1) is 17.5 Å². The smallest absolute Gasteiger partial charge is 0.226 e. The number of fused-ring (bicyclic) bond motifs is 1. The van der Waals surface area contributed by atoms with Crippen molar-refractivity contribution in [3.63, 3.8) is 0 Å². The second-order valence-electron chi connectivity index (χ2n) is 5.92. The fraction of sp³-hybridized carbons (Fsp3) is 0.222. The highest BCUT2D eigenvalue weighted by Crippen LogP contribution is 2.33. The summed E-state index contributed by atoms with van der Waals surface area (Å²) in [5.74, 6) is 1.65. The number of nitrogens with two attached hydrogens (primary N) is 1. The van der Waals surface area contributed by atoms with Crippen LogP contribution in [0.5, 0.6) is 11.6 Å². The Morgan fingerprint density at radius 3 is 2.52 bits per heavy atom. The molecule has 5 nitrogen and oxygen atoms in total. The molecule has 0 spiro atoms. The van der Waals surface area contributed by atoms with Crippen LogP contribution < -0.4 is 10.5 Å². The third kappa shape index (κ3) is 2.90. The molecule has 0 saturated heterocycles. The van der Waals surface area contributed by atoms with Crippen LogP contribution in [0.1, 0.15) is 12.8 Å². The predicted octanol–water partition coefficient (Wildman–Crippen LogP) is 3.37. The van der Waals surface area contributed by atoms with Gasteiger partial charge in [0.15, 0.2) is 0 Å². The lowest BCUT2D eigenvalue weighted by molar-refractivity contribution is 0.292. The Morgan fingerprint density at radius 2 is 1.78 bits per heavy atom. The molecule has 116 valence electrons. The van der Waals surface area contributed by atoms with E-state index in [-0.39, 0.29) is 11.7 Å². The molecule has 1 aliphatic carbocycles. The van der Waals surface area contributed by atoms with Gasteiger partial charge in [0.1, 0.15) is 5.75 Å². The third-order valence-electron chi connectivity index (χ3n) is 4.03. The molecule has 0 unspecified atom stereocenters. The van der Waals surface area contributed by atoms with Crippen molar-refractivity contribution in [1.82, 2.24) is 9.97 Å². The summed E-state index contributed by atoms with van der Waals surface area (Å²) in [7, 11) is 0. The summed E-state index contributed by atoms with van der Waals surface area (Å²) >= 11 is 0.